The number of rotatable bonds is 9. The van der Waals surface area contributed by atoms with E-state index in [1.54, 1.807) is 23.4 Å². The van der Waals surface area contributed by atoms with Crippen molar-refractivity contribution in [2.24, 2.45) is 0 Å². The Morgan fingerprint density at radius 2 is 1.71 bits per heavy atom. The van der Waals surface area contributed by atoms with Crippen molar-refractivity contribution in [2.75, 3.05) is 39.3 Å². The van der Waals surface area contributed by atoms with E-state index < -0.39 is 5.41 Å². The van der Waals surface area contributed by atoms with Crippen LogP contribution in [0.4, 0.5) is 0 Å². The van der Waals surface area contributed by atoms with Gasteiger partial charge in [-0.15, -0.1) is 0 Å². The summed E-state index contributed by atoms with van der Waals surface area (Å²) in [5.74, 6) is 1.75. The second-order valence-corrected chi connectivity index (χ2v) is 8.91. The highest BCUT2D eigenvalue weighted by molar-refractivity contribution is 5.93. The van der Waals surface area contributed by atoms with Crippen molar-refractivity contribution in [1.29, 1.82) is 0 Å². The first kappa shape index (κ1) is 24.7. The number of phenols is 1. The van der Waals surface area contributed by atoms with Crippen molar-refractivity contribution < 1.29 is 14.6 Å². The molecule has 2 aromatic carbocycles. The van der Waals surface area contributed by atoms with E-state index in [4.69, 9.17) is 14.7 Å². The van der Waals surface area contributed by atoms with Crippen LogP contribution in [-0.2, 0) is 5.41 Å². The molecule has 1 aliphatic heterocycles. The van der Waals surface area contributed by atoms with Crippen LogP contribution in [0, 0.1) is 0 Å². The summed E-state index contributed by atoms with van der Waals surface area (Å²) < 4.78 is 5.88. The van der Waals surface area contributed by atoms with Crippen LogP contribution in [0.3, 0.4) is 0 Å². The highest BCUT2D eigenvalue weighted by atomic mass is 16.5. The Balaban J connectivity index is 1.50. The highest BCUT2D eigenvalue weighted by Crippen LogP contribution is 2.41. The molecule has 1 saturated heterocycles. The Hall–Kier alpha value is -3.45. The van der Waals surface area contributed by atoms with Gasteiger partial charge in [0.15, 0.2) is 0 Å². The minimum Gasteiger partial charge on any atom is -0.508 e. The molecule has 0 bridgehead atoms. The van der Waals surface area contributed by atoms with Crippen molar-refractivity contribution in [3.63, 3.8) is 0 Å². The third kappa shape index (κ3) is 5.62. The standard InChI is InChI=1S/C28H34N4O3/c1-3-32(4-2)26(34)22-20-29-27(30-21-22)28(23-9-8-10-24(33)19-23)13-15-31(16-14-28)17-18-35-25-11-6-5-7-12-25/h5-12,19-21,33H,3-4,13-18H2,1-2H3. The third-order valence-electron chi connectivity index (χ3n) is 6.91. The third-order valence-corrected chi connectivity index (χ3v) is 6.91. The van der Waals surface area contributed by atoms with Crippen molar-refractivity contribution in [2.45, 2.75) is 32.1 Å². The first-order chi connectivity index (χ1) is 17.1. The summed E-state index contributed by atoms with van der Waals surface area (Å²) >= 11 is 0. The van der Waals surface area contributed by atoms with Crippen molar-refractivity contribution in [3.8, 4) is 11.5 Å². The molecule has 184 valence electrons. The van der Waals surface area contributed by atoms with Gasteiger partial charge in [-0.3, -0.25) is 9.69 Å². The minimum atomic E-state index is -0.424. The van der Waals surface area contributed by atoms with Gasteiger partial charge in [-0.05, 0) is 69.6 Å². The van der Waals surface area contributed by atoms with Gasteiger partial charge in [0.1, 0.15) is 23.9 Å². The Kier molecular flexibility index (Phi) is 7.98. The molecule has 1 N–H and O–H groups in total. The molecule has 0 spiro atoms. The van der Waals surface area contributed by atoms with E-state index in [2.05, 4.69) is 4.90 Å². The van der Waals surface area contributed by atoms with Crippen LogP contribution in [0.1, 0.15) is 48.4 Å². The summed E-state index contributed by atoms with van der Waals surface area (Å²) in [6.45, 7) is 8.40. The van der Waals surface area contributed by atoms with E-state index in [1.807, 2.05) is 62.4 Å². The van der Waals surface area contributed by atoms with Gasteiger partial charge in [0.2, 0.25) is 0 Å². The normalized spacial score (nSPS) is 15.5. The number of likely N-dealkylation sites (tertiary alicyclic amines) is 1. The summed E-state index contributed by atoms with van der Waals surface area (Å²) in [5, 5.41) is 10.2. The fraction of sp³-hybridized carbons (Fsp3) is 0.393. The summed E-state index contributed by atoms with van der Waals surface area (Å²) in [6.07, 6.45) is 4.91. The van der Waals surface area contributed by atoms with Crippen LogP contribution >= 0.6 is 0 Å². The van der Waals surface area contributed by atoms with Gasteiger partial charge >= 0.3 is 0 Å². The number of hydrogen-bond acceptors (Lipinski definition) is 6. The molecule has 0 saturated carbocycles. The Morgan fingerprint density at radius 3 is 2.34 bits per heavy atom. The zero-order chi connectivity index (χ0) is 24.7. The van der Waals surface area contributed by atoms with Crippen LogP contribution in [0.2, 0.25) is 0 Å². The number of para-hydroxylation sites is 1. The van der Waals surface area contributed by atoms with Gasteiger partial charge in [0, 0.05) is 32.0 Å². The fourth-order valence-electron chi connectivity index (χ4n) is 4.79. The molecular formula is C28H34N4O3. The molecule has 1 amide bonds. The number of nitrogens with zero attached hydrogens (tertiary/aromatic N) is 4. The van der Waals surface area contributed by atoms with Crippen molar-refractivity contribution in [3.05, 3.63) is 83.9 Å². The van der Waals surface area contributed by atoms with Gasteiger partial charge < -0.3 is 14.7 Å². The lowest BCUT2D eigenvalue weighted by Crippen LogP contribution is -2.45. The summed E-state index contributed by atoms with van der Waals surface area (Å²) in [5.41, 5.74) is 1.08. The number of ether oxygens (including phenoxy) is 1. The van der Waals surface area contributed by atoms with Crippen LogP contribution in [0.25, 0.3) is 0 Å². The Labute approximate surface area is 207 Å². The Morgan fingerprint density at radius 1 is 1.03 bits per heavy atom. The molecular weight excluding hydrogens is 440 g/mol. The maximum absolute atomic E-state index is 12.7. The molecule has 1 aromatic heterocycles. The number of benzene rings is 2. The Bertz CT molecular complexity index is 1090. The van der Waals surface area contributed by atoms with Crippen LogP contribution in [-0.4, -0.2) is 70.1 Å². The van der Waals surface area contributed by atoms with Crippen LogP contribution in [0.15, 0.2) is 67.0 Å². The van der Waals surface area contributed by atoms with E-state index in [0.717, 1.165) is 43.8 Å². The molecule has 7 nitrogen and oxygen atoms in total. The van der Waals surface area contributed by atoms with E-state index in [0.29, 0.717) is 31.1 Å². The highest BCUT2D eigenvalue weighted by Gasteiger charge is 2.40. The second-order valence-electron chi connectivity index (χ2n) is 8.91. The molecule has 2 heterocycles. The van der Waals surface area contributed by atoms with Gasteiger partial charge in [-0.25, -0.2) is 9.97 Å². The average molecular weight is 475 g/mol. The largest absolute Gasteiger partial charge is 0.508 e. The number of carbonyl (C=O) groups excluding carboxylic acids is 1. The predicted octanol–water partition coefficient (Wildman–Crippen LogP) is 4.13. The summed E-state index contributed by atoms with van der Waals surface area (Å²) in [6, 6.07) is 17.3. The molecule has 7 heteroatoms. The van der Waals surface area contributed by atoms with Crippen molar-refractivity contribution >= 4 is 5.91 Å². The zero-order valence-corrected chi connectivity index (χ0v) is 20.6. The first-order valence-corrected chi connectivity index (χ1v) is 12.4. The topological polar surface area (TPSA) is 78.8 Å². The maximum atomic E-state index is 12.7. The smallest absolute Gasteiger partial charge is 0.256 e. The van der Waals surface area contributed by atoms with Gasteiger partial charge in [-0.2, -0.15) is 0 Å². The number of carbonyl (C=O) groups is 1. The average Bonchev–Trinajstić information content (AvgIpc) is 2.90. The molecule has 3 aromatic rings. The fourth-order valence-corrected chi connectivity index (χ4v) is 4.79. The van der Waals surface area contributed by atoms with E-state index in [9.17, 15) is 9.90 Å². The maximum Gasteiger partial charge on any atom is 0.256 e. The molecule has 0 unspecified atom stereocenters. The number of aromatic nitrogens is 2. The lowest BCUT2D eigenvalue weighted by Gasteiger charge is -2.41. The molecule has 0 radical (unpaired) electrons. The van der Waals surface area contributed by atoms with Gasteiger partial charge in [-0.1, -0.05) is 30.3 Å². The number of hydrogen-bond donors (Lipinski definition) is 1. The van der Waals surface area contributed by atoms with Gasteiger partial charge in [0.25, 0.3) is 5.91 Å². The number of amides is 1. The molecule has 1 aliphatic rings. The van der Waals surface area contributed by atoms with Crippen LogP contribution in [0.5, 0.6) is 11.5 Å². The quantitative estimate of drug-likeness (QED) is 0.503. The number of aromatic hydroxyl groups is 1. The lowest BCUT2D eigenvalue weighted by molar-refractivity contribution is 0.0772. The zero-order valence-electron chi connectivity index (χ0n) is 20.6. The number of phenolic OH excluding ortho intramolecular Hbond substituents is 1. The van der Waals surface area contributed by atoms with E-state index >= 15 is 0 Å². The van der Waals surface area contributed by atoms with Gasteiger partial charge in [0.05, 0.1) is 11.0 Å². The summed E-state index contributed by atoms with van der Waals surface area (Å²) in [4.78, 5) is 26.3. The van der Waals surface area contributed by atoms with Crippen LogP contribution < -0.4 is 4.74 Å². The van der Waals surface area contributed by atoms with E-state index in [-0.39, 0.29) is 11.7 Å². The molecule has 0 atom stereocenters. The van der Waals surface area contributed by atoms with E-state index in [1.165, 1.54) is 0 Å². The van der Waals surface area contributed by atoms with Crippen molar-refractivity contribution in [1.82, 2.24) is 19.8 Å². The SMILES string of the molecule is CCN(CC)C(=O)c1cnc(C2(c3cccc(O)c3)CCN(CCOc3ccccc3)CC2)nc1. The lowest BCUT2D eigenvalue weighted by atomic mass is 9.72. The molecule has 35 heavy (non-hydrogen) atoms. The first-order valence-electron chi connectivity index (χ1n) is 12.4. The minimum absolute atomic E-state index is 0.0545. The predicted molar refractivity (Wildman–Crippen MR) is 136 cm³/mol. The molecule has 1 fully saturated rings. The monoisotopic (exact) mass is 474 g/mol. The second kappa shape index (κ2) is 11.3. The molecule has 0 aliphatic carbocycles. The summed E-state index contributed by atoms with van der Waals surface area (Å²) in [7, 11) is 0. The molecule has 4 rings (SSSR count). The number of piperidine rings is 1.